The lowest BCUT2D eigenvalue weighted by Crippen LogP contribution is -2.46. The molecule has 126 valence electrons. The number of rotatable bonds is 3. The number of carbonyl (C=O) groups excluding carboxylic acids is 2. The molecule has 0 atom stereocenters. The molecule has 1 saturated heterocycles. The van der Waals surface area contributed by atoms with Crippen LogP contribution in [0.5, 0.6) is 0 Å². The van der Waals surface area contributed by atoms with Crippen LogP contribution in [0.25, 0.3) is 0 Å². The van der Waals surface area contributed by atoms with Gasteiger partial charge >= 0.3 is 0 Å². The summed E-state index contributed by atoms with van der Waals surface area (Å²) in [6.07, 6.45) is 2.77. The Morgan fingerprint density at radius 2 is 1.96 bits per heavy atom. The van der Waals surface area contributed by atoms with Gasteiger partial charge in [-0.1, -0.05) is 23.2 Å². The average Bonchev–Trinajstić information content (AvgIpc) is 3.11. The molecule has 2 amide bonds. The molecule has 6 nitrogen and oxygen atoms in total. The van der Waals surface area contributed by atoms with Gasteiger partial charge in [-0.15, -0.1) is 0 Å². The largest absolute Gasteiger partial charge is 0.459 e. The lowest BCUT2D eigenvalue weighted by Gasteiger charge is -2.31. The lowest BCUT2D eigenvalue weighted by atomic mass is 10.0. The Morgan fingerprint density at radius 3 is 2.62 bits per heavy atom. The van der Waals surface area contributed by atoms with E-state index in [1.54, 1.807) is 17.0 Å². The van der Waals surface area contributed by atoms with Crippen molar-refractivity contribution in [2.45, 2.75) is 18.9 Å². The minimum atomic E-state index is -0.363. The summed E-state index contributed by atoms with van der Waals surface area (Å²) in [5.41, 5.74) is 0.109. The molecule has 0 unspecified atom stereocenters. The Morgan fingerprint density at radius 1 is 1.21 bits per heavy atom. The van der Waals surface area contributed by atoms with Crippen LogP contribution in [-0.4, -0.2) is 40.8 Å². The van der Waals surface area contributed by atoms with E-state index in [4.69, 9.17) is 27.6 Å². The van der Waals surface area contributed by atoms with Crippen LogP contribution in [0.1, 0.15) is 33.9 Å². The van der Waals surface area contributed by atoms with E-state index in [-0.39, 0.29) is 33.7 Å². The zero-order valence-electron chi connectivity index (χ0n) is 12.7. The zero-order valence-corrected chi connectivity index (χ0v) is 14.2. The number of piperidine rings is 1. The number of likely N-dealkylation sites (tertiary alicyclic amines) is 1. The second kappa shape index (κ2) is 7.23. The van der Waals surface area contributed by atoms with Gasteiger partial charge in [-0.3, -0.25) is 9.59 Å². The van der Waals surface area contributed by atoms with Gasteiger partial charge in [-0.25, -0.2) is 4.98 Å². The topological polar surface area (TPSA) is 75.4 Å². The molecule has 1 N–H and O–H groups in total. The van der Waals surface area contributed by atoms with Crippen LogP contribution in [0.2, 0.25) is 10.2 Å². The van der Waals surface area contributed by atoms with Crippen LogP contribution in [0, 0.1) is 0 Å². The van der Waals surface area contributed by atoms with Crippen LogP contribution >= 0.6 is 23.2 Å². The predicted octanol–water partition coefficient (Wildman–Crippen LogP) is 3.02. The highest BCUT2D eigenvalue weighted by Crippen LogP contribution is 2.18. The van der Waals surface area contributed by atoms with E-state index >= 15 is 0 Å². The molecule has 2 aromatic rings. The molecule has 1 aliphatic rings. The fraction of sp³-hybridized carbons (Fsp3) is 0.312. The van der Waals surface area contributed by atoms with Crippen molar-refractivity contribution in [3.05, 3.63) is 52.2 Å². The van der Waals surface area contributed by atoms with Crippen LogP contribution in [-0.2, 0) is 0 Å². The molecule has 0 aromatic carbocycles. The van der Waals surface area contributed by atoms with Gasteiger partial charge in [-0.2, -0.15) is 0 Å². The van der Waals surface area contributed by atoms with Gasteiger partial charge in [0.15, 0.2) is 5.76 Å². The van der Waals surface area contributed by atoms with E-state index in [0.29, 0.717) is 31.7 Å². The molecule has 2 aromatic heterocycles. The molecule has 8 heteroatoms. The smallest absolute Gasteiger partial charge is 0.289 e. The van der Waals surface area contributed by atoms with Gasteiger partial charge in [0.1, 0.15) is 10.8 Å². The molecular weight excluding hydrogens is 353 g/mol. The van der Waals surface area contributed by atoms with Crippen molar-refractivity contribution < 1.29 is 14.0 Å². The van der Waals surface area contributed by atoms with E-state index < -0.39 is 0 Å². The van der Waals surface area contributed by atoms with Crippen molar-refractivity contribution in [2.75, 3.05) is 13.1 Å². The highest BCUT2D eigenvalue weighted by Gasteiger charge is 2.26. The van der Waals surface area contributed by atoms with E-state index in [1.165, 1.54) is 18.4 Å². The number of hydrogen-bond donors (Lipinski definition) is 1. The SMILES string of the molecule is O=C(NC1CCN(C(=O)c2ccco2)CC1)c1nc(Cl)ccc1Cl. The number of furan rings is 1. The summed E-state index contributed by atoms with van der Waals surface area (Å²) in [5.74, 6) is -0.171. The highest BCUT2D eigenvalue weighted by molar-refractivity contribution is 6.34. The molecule has 0 bridgehead atoms. The number of nitrogens with one attached hydrogen (secondary N) is 1. The molecule has 24 heavy (non-hydrogen) atoms. The maximum absolute atomic E-state index is 12.3. The first-order valence-corrected chi connectivity index (χ1v) is 8.26. The number of aromatic nitrogens is 1. The third-order valence-electron chi connectivity index (χ3n) is 3.88. The third kappa shape index (κ3) is 3.71. The van der Waals surface area contributed by atoms with Crippen molar-refractivity contribution in [2.24, 2.45) is 0 Å². The summed E-state index contributed by atoms with van der Waals surface area (Å²) in [4.78, 5) is 30.1. The predicted molar refractivity (Wildman–Crippen MR) is 89.4 cm³/mol. The average molecular weight is 368 g/mol. The molecule has 3 rings (SSSR count). The van der Waals surface area contributed by atoms with Gasteiger partial charge < -0.3 is 14.6 Å². The highest BCUT2D eigenvalue weighted by atomic mass is 35.5. The van der Waals surface area contributed by atoms with Crippen molar-refractivity contribution >= 4 is 35.0 Å². The van der Waals surface area contributed by atoms with Crippen LogP contribution in [0.4, 0.5) is 0 Å². The molecular formula is C16H15Cl2N3O3. The number of nitrogens with zero attached hydrogens (tertiary/aromatic N) is 2. The summed E-state index contributed by atoms with van der Waals surface area (Å²) < 4.78 is 5.13. The number of carbonyl (C=O) groups is 2. The lowest BCUT2D eigenvalue weighted by molar-refractivity contribution is 0.0667. The maximum Gasteiger partial charge on any atom is 0.289 e. The van der Waals surface area contributed by atoms with Crippen LogP contribution in [0.3, 0.4) is 0 Å². The van der Waals surface area contributed by atoms with Crippen molar-refractivity contribution in [3.63, 3.8) is 0 Å². The molecule has 3 heterocycles. The van der Waals surface area contributed by atoms with Gasteiger partial charge in [0, 0.05) is 19.1 Å². The summed E-state index contributed by atoms with van der Waals surface area (Å²) in [7, 11) is 0. The normalized spacial score (nSPS) is 15.3. The van der Waals surface area contributed by atoms with Crippen LogP contribution in [0.15, 0.2) is 34.9 Å². The fourth-order valence-electron chi connectivity index (χ4n) is 2.61. The monoisotopic (exact) mass is 367 g/mol. The number of pyridine rings is 1. The standard InChI is InChI=1S/C16H15Cl2N3O3/c17-11-3-4-13(18)20-14(11)15(22)19-10-5-7-21(8-6-10)16(23)12-2-1-9-24-12/h1-4,9-10H,5-8H2,(H,19,22). The molecule has 0 spiro atoms. The van der Waals surface area contributed by atoms with Gasteiger partial charge in [0.25, 0.3) is 11.8 Å². The Bertz CT molecular complexity index is 741. The second-order valence-corrected chi connectivity index (χ2v) is 6.28. The molecule has 0 radical (unpaired) electrons. The first kappa shape index (κ1) is 16.8. The Labute approximate surface area is 148 Å². The minimum absolute atomic E-state index is 0.0463. The van der Waals surface area contributed by atoms with Gasteiger partial charge in [0.2, 0.25) is 0 Å². The quantitative estimate of drug-likeness (QED) is 0.846. The van der Waals surface area contributed by atoms with Crippen LogP contribution < -0.4 is 5.32 Å². The summed E-state index contributed by atoms with van der Waals surface area (Å²) in [5, 5.41) is 3.36. The van der Waals surface area contributed by atoms with E-state index in [2.05, 4.69) is 10.3 Å². The second-order valence-electron chi connectivity index (χ2n) is 5.48. The number of halogens is 2. The number of hydrogen-bond acceptors (Lipinski definition) is 4. The maximum atomic E-state index is 12.3. The van der Waals surface area contributed by atoms with Crippen molar-refractivity contribution in [1.82, 2.24) is 15.2 Å². The Balaban J connectivity index is 1.56. The first-order valence-electron chi connectivity index (χ1n) is 7.50. The number of amides is 2. The molecule has 0 saturated carbocycles. The van der Waals surface area contributed by atoms with Gasteiger partial charge in [-0.05, 0) is 37.1 Å². The molecule has 1 fully saturated rings. The Hall–Kier alpha value is -2.05. The van der Waals surface area contributed by atoms with E-state index in [1.807, 2.05) is 0 Å². The summed E-state index contributed by atoms with van der Waals surface area (Å²) >= 11 is 11.8. The van der Waals surface area contributed by atoms with Crippen molar-refractivity contribution in [1.29, 1.82) is 0 Å². The summed E-state index contributed by atoms with van der Waals surface area (Å²) in [6, 6.07) is 6.34. The van der Waals surface area contributed by atoms with Gasteiger partial charge in [0.05, 0.1) is 11.3 Å². The summed E-state index contributed by atoms with van der Waals surface area (Å²) in [6.45, 7) is 1.09. The third-order valence-corrected chi connectivity index (χ3v) is 4.39. The zero-order chi connectivity index (χ0) is 17.1. The fourth-order valence-corrected chi connectivity index (χ4v) is 2.95. The van der Waals surface area contributed by atoms with E-state index in [9.17, 15) is 9.59 Å². The Kier molecular flexibility index (Phi) is 5.06. The van der Waals surface area contributed by atoms with Crippen molar-refractivity contribution in [3.8, 4) is 0 Å². The van der Waals surface area contributed by atoms with E-state index in [0.717, 1.165) is 0 Å². The minimum Gasteiger partial charge on any atom is -0.459 e. The molecule has 1 aliphatic heterocycles. The first-order chi connectivity index (χ1) is 11.5. The molecule has 0 aliphatic carbocycles.